The van der Waals surface area contributed by atoms with Gasteiger partial charge in [0.1, 0.15) is 35.6 Å². The molecule has 5 heterocycles. The van der Waals surface area contributed by atoms with Crippen molar-refractivity contribution in [2.45, 2.75) is 51.2 Å². The number of imidazole rings is 1. The van der Waals surface area contributed by atoms with Gasteiger partial charge in [0.15, 0.2) is 17.2 Å². The van der Waals surface area contributed by atoms with Gasteiger partial charge in [0.05, 0.1) is 24.2 Å². The second-order valence-corrected chi connectivity index (χ2v) is 10.4. The average molecular weight is 583 g/mol. The molecule has 2 fully saturated rings. The van der Waals surface area contributed by atoms with Crippen LogP contribution in [0.5, 0.6) is 11.6 Å². The monoisotopic (exact) mass is 582 g/mol. The third-order valence-electron chi connectivity index (χ3n) is 7.19. The van der Waals surface area contributed by atoms with E-state index in [0.717, 1.165) is 44.8 Å². The Morgan fingerprint density at radius 2 is 1.95 bits per heavy atom. The second kappa shape index (κ2) is 11.9. The molecule has 0 saturated carbocycles. The summed E-state index contributed by atoms with van der Waals surface area (Å²) in [4.78, 5) is 31.6. The number of carboxylic acids is 1. The number of likely N-dealkylation sites (tertiary alicyclic amines) is 1. The first-order valence-corrected chi connectivity index (χ1v) is 13.8. The standard InChI is InChI=1S/C28H28ClFN6O5/c29-20-13-17(30)1-4-23(20)40-16-24-31-9-5-26(34-24)41-18-6-10-35(11-7-18)15-25-32-21-2-3-22(28(37)38)33-27(21)36(25)14-19-8-12-39-19/h1-5,9,13,18-19H,6-8,10-12,14-16H2,(H,37,38)/t19-/m0/s1. The van der Waals surface area contributed by atoms with E-state index in [1.54, 1.807) is 18.3 Å². The molecule has 4 aromatic rings. The molecule has 1 aromatic carbocycles. The topological polar surface area (TPSA) is 125 Å². The largest absolute Gasteiger partial charge is 0.484 e. The van der Waals surface area contributed by atoms with Gasteiger partial charge in [-0.05, 0) is 49.6 Å². The lowest BCUT2D eigenvalue weighted by Crippen LogP contribution is -2.39. The molecule has 3 aromatic heterocycles. The normalized spacial score (nSPS) is 17.9. The number of hydrogen-bond acceptors (Lipinski definition) is 9. The summed E-state index contributed by atoms with van der Waals surface area (Å²) < 4.78 is 32.7. The molecule has 41 heavy (non-hydrogen) atoms. The van der Waals surface area contributed by atoms with Crippen molar-refractivity contribution in [1.82, 2.24) is 29.4 Å². The Morgan fingerprint density at radius 3 is 2.68 bits per heavy atom. The smallest absolute Gasteiger partial charge is 0.354 e. The Bertz CT molecular complexity index is 1560. The van der Waals surface area contributed by atoms with Crippen molar-refractivity contribution < 1.29 is 28.5 Å². The quantitative estimate of drug-likeness (QED) is 0.292. The van der Waals surface area contributed by atoms with Crippen molar-refractivity contribution in [3.63, 3.8) is 0 Å². The fourth-order valence-corrected chi connectivity index (χ4v) is 5.14. The molecule has 2 aliphatic heterocycles. The molecule has 0 spiro atoms. The summed E-state index contributed by atoms with van der Waals surface area (Å²) in [7, 11) is 0. The summed E-state index contributed by atoms with van der Waals surface area (Å²) in [6.07, 6.45) is 4.24. The first kappa shape index (κ1) is 27.3. The van der Waals surface area contributed by atoms with E-state index in [-0.39, 0.29) is 29.5 Å². The molecule has 6 rings (SSSR count). The highest BCUT2D eigenvalue weighted by Gasteiger charge is 2.26. The third-order valence-corrected chi connectivity index (χ3v) is 7.48. The minimum atomic E-state index is -1.07. The molecule has 13 heteroatoms. The Morgan fingerprint density at radius 1 is 1.12 bits per heavy atom. The number of piperidine rings is 1. The number of carbonyl (C=O) groups is 1. The maximum absolute atomic E-state index is 13.3. The van der Waals surface area contributed by atoms with E-state index < -0.39 is 11.8 Å². The van der Waals surface area contributed by atoms with Gasteiger partial charge in [-0.15, -0.1) is 0 Å². The van der Waals surface area contributed by atoms with Gasteiger partial charge in [-0.25, -0.2) is 24.1 Å². The van der Waals surface area contributed by atoms with Crippen LogP contribution in [0.3, 0.4) is 0 Å². The van der Waals surface area contributed by atoms with Crippen LogP contribution in [-0.2, 0) is 24.4 Å². The van der Waals surface area contributed by atoms with Crippen molar-refractivity contribution in [2.75, 3.05) is 19.7 Å². The predicted molar refractivity (Wildman–Crippen MR) is 146 cm³/mol. The minimum Gasteiger partial charge on any atom is -0.484 e. The first-order valence-electron chi connectivity index (χ1n) is 13.4. The molecule has 1 N–H and O–H groups in total. The van der Waals surface area contributed by atoms with Crippen LogP contribution in [0, 0.1) is 5.82 Å². The molecule has 1 atom stereocenters. The maximum Gasteiger partial charge on any atom is 0.354 e. The number of hydrogen-bond donors (Lipinski definition) is 1. The number of aromatic carboxylic acids is 1. The lowest BCUT2D eigenvalue weighted by atomic mass is 10.1. The van der Waals surface area contributed by atoms with E-state index in [1.165, 1.54) is 24.3 Å². The zero-order valence-electron chi connectivity index (χ0n) is 22.1. The highest BCUT2D eigenvalue weighted by atomic mass is 35.5. The minimum absolute atomic E-state index is 0.00335. The summed E-state index contributed by atoms with van der Waals surface area (Å²) in [5.41, 5.74) is 1.24. The number of nitrogens with zero attached hydrogens (tertiary/aromatic N) is 6. The number of rotatable bonds is 10. The SMILES string of the molecule is O=C(O)c1ccc2nc(CN3CCC(Oc4ccnc(COc5ccc(F)cc5Cl)n4)CC3)n(C[C@@H]3CCO3)c2n1. The Labute approximate surface area is 239 Å². The molecule has 0 amide bonds. The molecule has 0 aliphatic carbocycles. The van der Waals surface area contributed by atoms with Gasteiger partial charge in [0, 0.05) is 32.0 Å². The van der Waals surface area contributed by atoms with Crippen LogP contribution in [0.2, 0.25) is 5.02 Å². The van der Waals surface area contributed by atoms with Crippen LogP contribution in [0.4, 0.5) is 4.39 Å². The molecule has 0 bridgehead atoms. The highest BCUT2D eigenvalue weighted by molar-refractivity contribution is 6.32. The average Bonchev–Trinajstić information content (AvgIpc) is 3.27. The summed E-state index contributed by atoms with van der Waals surface area (Å²) in [6, 6.07) is 8.84. The molecule has 214 valence electrons. The third kappa shape index (κ3) is 6.39. The predicted octanol–water partition coefficient (Wildman–Crippen LogP) is 4.12. The molecular formula is C28H28ClFN6O5. The lowest BCUT2D eigenvalue weighted by Gasteiger charge is -2.32. The van der Waals surface area contributed by atoms with Crippen molar-refractivity contribution in [2.24, 2.45) is 0 Å². The van der Waals surface area contributed by atoms with Crippen LogP contribution in [0.1, 0.15) is 41.4 Å². The van der Waals surface area contributed by atoms with Crippen molar-refractivity contribution in [1.29, 1.82) is 0 Å². The van der Waals surface area contributed by atoms with Gasteiger partial charge < -0.3 is 23.9 Å². The molecule has 2 saturated heterocycles. The van der Waals surface area contributed by atoms with Crippen molar-refractivity contribution in [3.8, 4) is 11.6 Å². The number of pyridine rings is 1. The van der Waals surface area contributed by atoms with E-state index in [4.69, 9.17) is 30.8 Å². The Balaban J connectivity index is 1.06. The summed E-state index contributed by atoms with van der Waals surface area (Å²) >= 11 is 6.03. The zero-order valence-corrected chi connectivity index (χ0v) is 22.8. The number of ether oxygens (including phenoxy) is 3. The van der Waals surface area contributed by atoms with Gasteiger partial charge in [-0.1, -0.05) is 11.6 Å². The molecule has 0 unspecified atom stereocenters. The van der Waals surface area contributed by atoms with E-state index >= 15 is 0 Å². The van der Waals surface area contributed by atoms with E-state index in [1.807, 2.05) is 4.57 Å². The number of halogens is 2. The van der Waals surface area contributed by atoms with Crippen molar-refractivity contribution in [3.05, 3.63) is 70.8 Å². The van der Waals surface area contributed by atoms with Crippen LogP contribution < -0.4 is 9.47 Å². The van der Waals surface area contributed by atoms with Gasteiger partial charge in [-0.3, -0.25) is 4.90 Å². The molecule has 11 nitrogen and oxygen atoms in total. The van der Waals surface area contributed by atoms with Gasteiger partial charge in [0.25, 0.3) is 0 Å². The summed E-state index contributed by atoms with van der Waals surface area (Å²) in [6.45, 7) is 3.60. The number of fused-ring (bicyclic) bond motifs is 1. The van der Waals surface area contributed by atoms with E-state index in [9.17, 15) is 14.3 Å². The molecular weight excluding hydrogens is 555 g/mol. The van der Waals surface area contributed by atoms with Crippen molar-refractivity contribution >= 4 is 28.7 Å². The van der Waals surface area contributed by atoms with E-state index in [2.05, 4.69) is 19.9 Å². The fraction of sp³-hybridized carbons (Fsp3) is 0.393. The number of aromatic nitrogens is 5. The lowest BCUT2D eigenvalue weighted by molar-refractivity contribution is -0.0593. The summed E-state index contributed by atoms with van der Waals surface area (Å²) in [5.74, 6) is 0.574. The van der Waals surface area contributed by atoms with Crippen LogP contribution in [-0.4, -0.2) is 72.4 Å². The van der Waals surface area contributed by atoms with E-state index in [0.29, 0.717) is 41.7 Å². The van der Waals surface area contributed by atoms with Gasteiger partial charge in [0.2, 0.25) is 5.88 Å². The zero-order chi connectivity index (χ0) is 28.3. The van der Waals surface area contributed by atoms with Crippen LogP contribution in [0.15, 0.2) is 42.6 Å². The molecule has 2 aliphatic rings. The highest BCUT2D eigenvalue weighted by Crippen LogP contribution is 2.26. The first-order chi connectivity index (χ1) is 19.9. The fourth-order valence-electron chi connectivity index (χ4n) is 4.92. The number of benzene rings is 1. The summed E-state index contributed by atoms with van der Waals surface area (Å²) in [5, 5.41) is 9.59. The molecule has 0 radical (unpaired) electrons. The van der Waals surface area contributed by atoms with Gasteiger partial charge >= 0.3 is 5.97 Å². The van der Waals surface area contributed by atoms with Crippen LogP contribution >= 0.6 is 11.6 Å². The maximum atomic E-state index is 13.3. The Hall–Kier alpha value is -3.87. The second-order valence-electron chi connectivity index (χ2n) is 10.0. The van der Waals surface area contributed by atoms with Gasteiger partial charge in [-0.2, -0.15) is 4.98 Å². The number of carboxylic acid groups (broad SMARTS) is 1. The van der Waals surface area contributed by atoms with Crippen LogP contribution in [0.25, 0.3) is 11.2 Å². The Kier molecular flexibility index (Phi) is 7.95.